The molecule has 0 aromatic carbocycles. The van der Waals surface area contributed by atoms with Gasteiger partial charge in [-0.15, -0.1) is 11.3 Å². The molecule has 15 heavy (non-hydrogen) atoms. The third-order valence-electron chi connectivity index (χ3n) is 2.81. The minimum atomic E-state index is -0.743. The van der Waals surface area contributed by atoms with Gasteiger partial charge >= 0.3 is 5.97 Å². The summed E-state index contributed by atoms with van der Waals surface area (Å²) >= 11 is 1.63. The van der Waals surface area contributed by atoms with Crippen molar-refractivity contribution in [1.29, 1.82) is 0 Å². The zero-order valence-corrected chi connectivity index (χ0v) is 9.65. The summed E-state index contributed by atoms with van der Waals surface area (Å²) in [7, 11) is 0. The predicted molar refractivity (Wildman–Crippen MR) is 58.0 cm³/mol. The first-order valence-corrected chi connectivity index (χ1v) is 5.76. The molecule has 82 valence electrons. The quantitative estimate of drug-likeness (QED) is 0.816. The number of aryl methyl sites for hydroxylation is 2. The molecule has 2 rings (SSSR count). The second kappa shape index (κ2) is 3.57. The van der Waals surface area contributed by atoms with E-state index in [0.29, 0.717) is 6.54 Å². The van der Waals surface area contributed by atoms with Gasteiger partial charge in [0, 0.05) is 11.4 Å². The second-order valence-corrected chi connectivity index (χ2v) is 5.28. The Morgan fingerprint density at radius 3 is 2.67 bits per heavy atom. The number of carbonyl (C=O) groups is 1. The van der Waals surface area contributed by atoms with Gasteiger partial charge in [0.05, 0.1) is 5.69 Å². The molecule has 1 aromatic heterocycles. The van der Waals surface area contributed by atoms with E-state index in [1.165, 1.54) is 4.88 Å². The molecule has 0 bridgehead atoms. The van der Waals surface area contributed by atoms with Crippen molar-refractivity contribution >= 4 is 17.3 Å². The lowest BCUT2D eigenvalue weighted by Gasteiger charge is -2.10. The highest BCUT2D eigenvalue weighted by atomic mass is 32.1. The van der Waals surface area contributed by atoms with Crippen LogP contribution in [-0.4, -0.2) is 21.6 Å². The molecule has 1 heterocycles. The van der Waals surface area contributed by atoms with Crippen LogP contribution in [0.5, 0.6) is 0 Å². The molecular formula is C10H14N2O2S. The van der Waals surface area contributed by atoms with Crippen molar-refractivity contribution in [1.82, 2.24) is 10.3 Å². The molecule has 0 amide bonds. The van der Waals surface area contributed by atoms with Gasteiger partial charge in [-0.1, -0.05) is 0 Å². The van der Waals surface area contributed by atoms with E-state index < -0.39 is 11.5 Å². The van der Waals surface area contributed by atoms with Crippen molar-refractivity contribution < 1.29 is 9.90 Å². The van der Waals surface area contributed by atoms with Gasteiger partial charge in [0.2, 0.25) is 0 Å². The van der Waals surface area contributed by atoms with Crippen molar-refractivity contribution in [2.24, 2.45) is 0 Å². The van der Waals surface area contributed by atoms with Gasteiger partial charge in [-0.25, -0.2) is 4.98 Å². The monoisotopic (exact) mass is 226 g/mol. The molecule has 1 aliphatic carbocycles. The molecule has 0 unspecified atom stereocenters. The zero-order chi connectivity index (χ0) is 11.1. The molecule has 2 N–H and O–H groups in total. The Hall–Kier alpha value is -0.940. The average molecular weight is 226 g/mol. The van der Waals surface area contributed by atoms with E-state index in [4.69, 9.17) is 5.11 Å². The summed E-state index contributed by atoms with van der Waals surface area (Å²) in [5.74, 6) is -0.743. The summed E-state index contributed by atoms with van der Waals surface area (Å²) in [6, 6.07) is 0. The lowest BCUT2D eigenvalue weighted by Crippen LogP contribution is -2.38. The van der Waals surface area contributed by atoms with Crippen molar-refractivity contribution in [3.63, 3.8) is 0 Å². The number of rotatable bonds is 4. The average Bonchev–Trinajstić information content (AvgIpc) is 2.89. The maximum Gasteiger partial charge on any atom is 0.323 e. The second-order valence-electron chi connectivity index (χ2n) is 3.99. The normalized spacial score (nSPS) is 17.7. The van der Waals surface area contributed by atoms with Crippen molar-refractivity contribution in [2.75, 3.05) is 0 Å². The fraction of sp³-hybridized carbons (Fsp3) is 0.600. The Morgan fingerprint density at radius 1 is 1.60 bits per heavy atom. The summed E-state index contributed by atoms with van der Waals surface area (Å²) in [4.78, 5) is 16.5. The molecule has 0 atom stereocenters. The van der Waals surface area contributed by atoms with Crippen molar-refractivity contribution in [3.8, 4) is 0 Å². The maximum atomic E-state index is 10.9. The maximum absolute atomic E-state index is 10.9. The number of aliphatic carboxylic acids is 1. The number of nitrogens with one attached hydrogen (secondary N) is 1. The van der Waals surface area contributed by atoms with Crippen LogP contribution in [0.2, 0.25) is 0 Å². The number of carboxylic acids is 1. The minimum absolute atomic E-state index is 0.561. The third-order valence-corrected chi connectivity index (χ3v) is 3.88. The molecular weight excluding hydrogens is 212 g/mol. The number of thiazole rings is 1. The number of carboxylic acid groups (broad SMARTS) is 1. The molecule has 5 heteroatoms. The molecule has 0 radical (unpaired) electrons. The summed E-state index contributed by atoms with van der Waals surface area (Å²) < 4.78 is 0. The van der Waals surface area contributed by atoms with Gasteiger partial charge in [0.25, 0.3) is 0 Å². The Bertz CT molecular complexity index is 377. The van der Waals surface area contributed by atoms with Gasteiger partial charge in [-0.05, 0) is 26.7 Å². The van der Waals surface area contributed by atoms with Gasteiger partial charge in [-0.2, -0.15) is 0 Å². The van der Waals surface area contributed by atoms with Crippen LogP contribution in [0.15, 0.2) is 0 Å². The zero-order valence-electron chi connectivity index (χ0n) is 8.83. The fourth-order valence-corrected chi connectivity index (χ4v) is 2.32. The molecule has 1 aromatic rings. The van der Waals surface area contributed by atoms with Crippen LogP contribution in [0.1, 0.15) is 28.4 Å². The van der Waals surface area contributed by atoms with Gasteiger partial charge < -0.3 is 5.11 Å². The van der Waals surface area contributed by atoms with E-state index in [1.54, 1.807) is 11.3 Å². The lowest BCUT2D eigenvalue weighted by molar-refractivity contribution is -0.140. The van der Waals surface area contributed by atoms with Crippen molar-refractivity contribution in [2.45, 2.75) is 38.8 Å². The first-order chi connectivity index (χ1) is 7.03. The van der Waals surface area contributed by atoms with Crippen molar-refractivity contribution in [3.05, 3.63) is 15.6 Å². The van der Waals surface area contributed by atoms with Crippen LogP contribution in [0.4, 0.5) is 0 Å². The molecule has 4 nitrogen and oxygen atoms in total. The smallest absolute Gasteiger partial charge is 0.323 e. The number of aromatic nitrogens is 1. The summed E-state index contributed by atoms with van der Waals surface area (Å²) in [5, 5.41) is 13.0. The van der Waals surface area contributed by atoms with E-state index >= 15 is 0 Å². The summed E-state index contributed by atoms with van der Waals surface area (Å²) in [5.41, 5.74) is 0.380. The van der Waals surface area contributed by atoms with Crippen LogP contribution in [0, 0.1) is 13.8 Å². The number of nitrogens with zero attached hydrogens (tertiary/aromatic N) is 1. The molecule has 0 saturated heterocycles. The van der Waals surface area contributed by atoms with Crippen LogP contribution >= 0.6 is 11.3 Å². The van der Waals surface area contributed by atoms with E-state index in [9.17, 15) is 4.79 Å². The van der Waals surface area contributed by atoms with E-state index in [2.05, 4.69) is 10.3 Å². The Morgan fingerprint density at radius 2 is 2.27 bits per heavy atom. The highest BCUT2D eigenvalue weighted by Gasteiger charge is 2.49. The molecule has 1 fully saturated rings. The highest BCUT2D eigenvalue weighted by Crippen LogP contribution is 2.36. The van der Waals surface area contributed by atoms with Crippen LogP contribution in [0.25, 0.3) is 0 Å². The molecule has 1 saturated carbocycles. The van der Waals surface area contributed by atoms with Crippen LogP contribution < -0.4 is 5.32 Å². The first-order valence-electron chi connectivity index (χ1n) is 4.95. The largest absolute Gasteiger partial charge is 0.480 e. The standard InChI is InChI=1S/C10H14N2O2S/c1-6-7(2)15-8(12-6)5-11-10(3-4-10)9(13)14/h11H,3-5H2,1-2H3,(H,13,14). The van der Waals surface area contributed by atoms with Gasteiger partial charge in [0.15, 0.2) is 0 Å². The number of hydrogen-bond acceptors (Lipinski definition) is 4. The molecule has 1 aliphatic rings. The predicted octanol–water partition coefficient (Wildman–Crippen LogP) is 1.47. The minimum Gasteiger partial charge on any atom is -0.480 e. The van der Waals surface area contributed by atoms with Crippen LogP contribution in [0.3, 0.4) is 0 Å². The van der Waals surface area contributed by atoms with Gasteiger partial charge in [-0.3, -0.25) is 10.1 Å². The molecule has 0 aliphatic heterocycles. The summed E-state index contributed by atoms with van der Waals surface area (Å²) in [6.45, 7) is 4.56. The van der Waals surface area contributed by atoms with Gasteiger partial charge in [0.1, 0.15) is 10.5 Å². The van der Waals surface area contributed by atoms with Crippen LogP contribution in [-0.2, 0) is 11.3 Å². The lowest BCUT2D eigenvalue weighted by atomic mass is 10.3. The van der Waals surface area contributed by atoms with E-state index in [1.807, 2.05) is 13.8 Å². The third kappa shape index (κ3) is 2.03. The van der Waals surface area contributed by atoms with E-state index in [-0.39, 0.29) is 0 Å². The SMILES string of the molecule is Cc1nc(CNC2(C(=O)O)CC2)sc1C. The first kappa shape index (κ1) is 10.6. The number of hydrogen-bond donors (Lipinski definition) is 2. The fourth-order valence-electron chi connectivity index (χ4n) is 1.45. The Labute approximate surface area is 92.3 Å². The Kier molecular flexibility index (Phi) is 2.52. The van der Waals surface area contributed by atoms with E-state index in [0.717, 1.165) is 23.5 Å². The summed E-state index contributed by atoms with van der Waals surface area (Å²) in [6.07, 6.45) is 1.46. The highest BCUT2D eigenvalue weighted by molar-refractivity contribution is 7.11. The topological polar surface area (TPSA) is 62.2 Å². The molecule has 0 spiro atoms. The Balaban J connectivity index is 1.96.